The Hall–Kier alpha value is -2.30. The Morgan fingerprint density at radius 2 is 1.56 bits per heavy atom. The van der Waals surface area contributed by atoms with Crippen LogP contribution < -0.4 is 18.9 Å². The molecule has 10 heteroatoms. The second-order valence-electron chi connectivity index (χ2n) is 6.04. The van der Waals surface area contributed by atoms with E-state index < -0.39 is 20.0 Å². The summed E-state index contributed by atoms with van der Waals surface area (Å²) < 4.78 is 64.9. The van der Waals surface area contributed by atoms with Crippen molar-refractivity contribution in [1.82, 2.24) is 4.72 Å². The Bertz CT molecular complexity index is 1030. The van der Waals surface area contributed by atoms with Gasteiger partial charge in [-0.1, -0.05) is 0 Å². The quantitative estimate of drug-likeness (QED) is 0.686. The fourth-order valence-electron chi connectivity index (χ4n) is 2.39. The summed E-state index contributed by atoms with van der Waals surface area (Å²) in [7, 11) is -4.76. The smallest absolute Gasteiger partial charge is 0.265 e. The second-order valence-corrected chi connectivity index (χ2v) is 9.41. The number of rotatable bonds is 8. The number of benzene rings is 2. The molecule has 0 saturated heterocycles. The van der Waals surface area contributed by atoms with Crippen molar-refractivity contribution < 1.29 is 26.3 Å². The van der Waals surface area contributed by atoms with E-state index in [9.17, 15) is 16.8 Å². The highest BCUT2D eigenvalue weighted by Crippen LogP contribution is 2.30. The van der Waals surface area contributed by atoms with Gasteiger partial charge in [0.05, 0.1) is 19.1 Å². The molecule has 0 heterocycles. The molecular formula is C17H20N2O6S2. The maximum absolute atomic E-state index is 12.7. The predicted octanol–water partition coefficient (Wildman–Crippen LogP) is 1.95. The average Bonchev–Trinajstić information content (AvgIpc) is 3.44. The topological polar surface area (TPSA) is 111 Å². The van der Waals surface area contributed by atoms with Gasteiger partial charge in [-0.25, -0.2) is 21.6 Å². The van der Waals surface area contributed by atoms with Crippen LogP contribution in [-0.4, -0.2) is 37.1 Å². The Kier molecular flexibility index (Phi) is 5.31. The van der Waals surface area contributed by atoms with Crippen LogP contribution in [0.4, 0.5) is 5.69 Å². The molecule has 0 amide bonds. The van der Waals surface area contributed by atoms with Gasteiger partial charge in [0.15, 0.2) is 0 Å². The molecule has 0 radical (unpaired) electrons. The number of nitrogens with one attached hydrogen (secondary N) is 2. The van der Waals surface area contributed by atoms with Crippen molar-refractivity contribution in [1.29, 1.82) is 0 Å². The molecular weight excluding hydrogens is 392 g/mol. The zero-order valence-corrected chi connectivity index (χ0v) is 16.4. The van der Waals surface area contributed by atoms with Crippen LogP contribution >= 0.6 is 0 Å². The molecule has 2 N–H and O–H groups in total. The summed E-state index contributed by atoms with van der Waals surface area (Å²) in [5, 5.41) is 0. The number of sulfonamides is 2. The monoisotopic (exact) mass is 412 g/mol. The Balaban J connectivity index is 1.84. The summed E-state index contributed by atoms with van der Waals surface area (Å²) in [5.74, 6) is 0.528. The van der Waals surface area contributed by atoms with Gasteiger partial charge < -0.3 is 9.47 Å². The molecule has 0 unspecified atom stereocenters. The highest BCUT2D eigenvalue weighted by atomic mass is 32.2. The normalized spacial score (nSPS) is 14.6. The van der Waals surface area contributed by atoms with Gasteiger partial charge in [0.25, 0.3) is 10.0 Å². The van der Waals surface area contributed by atoms with Crippen molar-refractivity contribution in [3.05, 3.63) is 42.5 Å². The lowest BCUT2D eigenvalue weighted by molar-refractivity contribution is 0.392. The van der Waals surface area contributed by atoms with Crippen molar-refractivity contribution in [3.8, 4) is 11.5 Å². The van der Waals surface area contributed by atoms with Crippen molar-refractivity contribution in [2.24, 2.45) is 0 Å². The van der Waals surface area contributed by atoms with E-state index in [1.165, 1.54) is 50.6 Å². The van der Waals surface area contributed by atoms with Crippen molar-refractivity contribution in [3.63, 3.8) is 0 Å². The third-order valence-electron chi connectivity index (χ3n) is 3.98. The van der Waals surface area contributed by atoms with Gasteiger partial charge >= 0.3 is 0 Å². The molecule has 27 heavy (non-hydrogen) atoms. The average molecular weight is 412 g/mol. The van der Waals surface area contributed by atoms with Crippen molar-refractivity contribution >= 4 is 25.7 Å². The number of hydrogen-bond donors (Lipinski definition) is 2. The summed E-state index contributed by atoms with van der Waals surface area (Å²) in [6, 6.07) is 9.92. The summed E-state index contributed by atoms with van der Waals surface area (Å²) >= 11 is 0. The lowest BCUT2D eigenvalue weighted by Crippen LogP contribution is -2.25. The Morgan fingerprint density at radius 1 is 0.889 bits per heavy atom. The third kappa shape index (κ3) is 4.52. The van der Waals surface area contributed by atoms with E-state index in [1.54, 1.807) is 6.07 Å². The van der Waals surface area contributed by atoms with E-state index in [0.717, 1.165) is 12.8 Å². The van der Waals surface area contributed by atoms with E-state index in [2.05, 4.69) is 9.44 Å². The van der Waals surface area contributed by atoms with Crippen LogP contribution in [-0.2, 0) is 20.0 Å². The molecule has 0 aromatic heterocycles. The van der Waals surface area contributed by atoms with Gasteiger partial charge in [0.1, 0.15) is 16.4 Å². The zero-order valence-electron chi connectivity index (χ0n) is 14.8. The van der Waals surface area contributed by atoms with Gasteiger partial charge in [-0.2, -0.15) is 0 Å². The minimum absolute atomic E-state index is 0.00583. The molecule has 1 aliphatic carbocycles. The first-order chi connectivity index (χ1) is 12.7. The maximum Gasteiger partial charge on any atom is 0.265 e. The van der Waals surface area contributed by atoms with Gasteiger partial charge in [0, 0.05) is 17.8 Å². The van der Waals surface area contributed by atoms with Crippen LogP contribution in [0, 0.1) is 0 Å². The van der Waals surface area contributed by atoms with Crippen molar-refractivity contribution in [2.45, 2.75) is 28.7 Å². The van der Waals surface area contributed by atoms with Crippen LogP contribution in [0.3, 0.4) is 0 Å². The van der Waals surface area contributed by atoms with Crippen LogP contribution in [0.25, 0.3) is 0 Å². The molecule has 0 atom stereocenters. The largest absolute Gasteiger partial charge is 0.497 e. The first-order valence-electron chi connectivity index (χ1n) is 8.12. The first kappa shape index (κ1) is 19.5. The van der Waals surface area contributed by atoms with E-state index in [-0.39, 0.29) is 27.3 Å². The van der Waals surface area contributed by atoms with E-state index >= 15 is 0 Å². The lowest BCUT2D eigenvalue weighted by Gasteiger charge is -2.13. The zero-order chi connectivity index (χ0) is 19.7. The molecule has 8 nitrogen and oxygen atoms in total. The summed E-state index contributed by atoms with van der Waals surface area (Å²) in [6.07, 6.45) is 1.67. The summed E-state index contributed by atoms with van der Waals surface area (Å²) in [5.41, 5.74) is 0.227. The predicted molar refractivity (Wildman–Crippen MR) is 100 cm³/mol. The molecule has 3 rings (SSSR count). The van der Waals surface area contributed by atoms with E-state index in [4.69, 9.17) is 9.47 Å². The molecule has 1 saturated carbocycles. The van der Waals surface area contributed by atoms with Gasteiger partial charge in [-0.3, -0.25) is 4.72 Å². The number of ether oxygens (including phenoxy) is 2. The molecule has 146 valence electrons. The lowest BCUT2D eigenvalue weighted by atomic mass is 10.3. The SMILES string of the molecule is COc1ccc(OC)c(S(=O)(=O)Nc2ccc(S(=O)(=O)NC3CC3)cc2)c1. The van der Waals surface area contributed by atoms with Gasteiger partial charge in [-0.05, 0) is 49.2 Å². The molecule has 0 aliphatic heterocycles. The van der Waals surface area contributed by atoms with E-state index in [0.29, 0.717) is 5.75 Å². The minimum atomic E-state index is -3.97. The fraction of sp³-hybridized carbons (Fsp3) is 0.294. The number of methoxy groups -OCH3 is 2. The molecule has 2 aromatic rings. The van der Waals surface area contributed by atoms with E-state index in [1.807, 2.05) is 0 Å². The van der Waals surface area contributed by atoms with Crippen molar-refractivity contribution in [2.75, 3.05) is 18.9 Å². The first-order valence-corrected chi connectivity index (χ1v) is 11.1. The van der Waals surface area contributed by atoms with Crippen LogP contribution in [0.1, 0.15) is 12.8 Å². The molecule has 1 aliphatic rings. The van der Waals surface area contributed by atoms with Crippen LogP contribution in [0.5, 0.6) is 11.5 Å². The fourth-order valence-corrected chi connectivity index (χ4v) is 4.94. The highest BCUT2D eigenvalue weighted by molar-refractivity contribution is 7.92. The summed E-state index contributed by atoms with van der Waals surface area (Å²) in [6.45, 7) is 0. The molecule has 2 aromatic carbocycles. The standard InChI is InChI=1S/C17H20N2O6S2/c1-24-14-7-10-16(25-2)17(11-14)27(22,23)19-13-5-8-15(9-6-13)26(20,21)18-12-3-4-12/h5-12,18-19H,3-4H2,1-2H3. The molecule has 0 spiro atoms. The molecule has 1 fully saturated rings. The van der Waals surface area contributed by atoms with Gasteiger partial charge in [-0.15, -0.1) is 0 Å². The van der Waals surface area contributed by atoms with Crippen LogP contribution in [0.2, 0.25) is 0 Å². The Morgan fingerprint density at radius 3 is 2.11 bits per heavy atom. The number of hydrogen-bond acceptors (Lipinski definition) is 6. The maximum atomic E-state index is 12.7. The molecule has 0 bridgehead atoms. The summed E-state index contributed by atoms with van der Waals surface area (Å²) in [4.78, 5) is -0.00671. The minimum Gasteiger partial charge on any atom is -0.497 e. The van der Waals surface area contributed by atoms with Gasteiger partial charge in [0.2, 0.25) is 10.0 Å². The van der Waals surface area contributed by atoms with Crippen LogP contribution in [0.15, 0.2) is 52.3 Å². The highest BCUT2D eigenvalue weighted by Gasteiger charge is 2.28. The second kappa shape index (κ2) is 7.37. The Labute approximate surface area is 158 Å². The number of anilines is 1. The third-order valence-corrected chi connectivity index (χ3v) is 6.92.